The van der Waals surface area contributed by atoms with Crippen molar-refractivity contribution in [2.24, 2.45) is 0 Å². The highest BCUT2D eigenvalue weighted by molar-refractivity contribution is 9.10. The lowest BCUT2D eigenvalue weighted by atomic mass is 10.3. The predicted molar refractivity (Wildman–Crippen MR) is 63.3 cm³/mol. The molecular formula is C10H9BrF2N2O3. The summed E-state index contributed by atoms with van der Waals surface area (Å²) in [7, 11) is 0. The Morgan fingerprint density at radius 3 is 2.50 bits per heavy atom. The van der Waals surface area contributed by atoms with Crippen molar-refractivity contribution in [1.82, 2.24) is 5.32 Å². The molecular weight excluding hydrogens is 314 g/mol. The van der Waals surface area contributed by atoms with Crippen molar-refractivity contribution < 1.29 is 23.5 Å². The van der Waals surface area contributed by atoms with E-state index in [1.807, 2.05) is 0 Å². The number of carboxylic acids is 1. The number of hydrogen-bond acceptors (Lipinski definition) is 2. The maximum atomic E-state index is 13.3. The van der Waals surface area contributed by atoms with E-state index in [-0.39, 0.29) is 10.2 Å². The van der Waals surface area contributed by atoms with Gasteiger partial charge in [0.2, 0.25) is 0 Å². The molecule has 3 N–H and O–H groups in total. The van der Waals surface area contributed by atoms with E-state index in [1.165, 1.54) is 6.92 Å². The number of hydrogen-bond donors (Lipinski definition) is 3. The Balaban J connectivity index is 2.76. The van der Waals surface area contributed by atoms with E-state index in [9.17, 15) is 18.4 Å². The fourth-order valence-electron chi connectivity index (χ4n) is 1.04. The highest BCUT2D eigenvalue weighted by atomic mass is 79.9. The van der Waals surface area contributed by atoms with Gasteiger partial charge in [-0.3, -0.25) is 4.79 Å². The van der Waals surface area contributed by atoms with Gasteiger partial charge in [0.15, 0.2) is 0 Å². The molecule has 0 aliphatic rings. The first-order valence-electron chi connectivity index (χ1n) is 4.76. The largest absolute Gasteiger partial charge is 0.480 e. The quantitative estimate of drug-likeness (QED) is 0.747. The maximum absolute atomic E-state index is 13.3. The molecule has 1 rings (SSSR count). The van der Waals surface area contributed by atoms with Crippen LogP contribution in [0.25, 0.3) is 0 Å². The molecule has 0 saturated carbocycles. The van der Waals surface area contributed by atoms with Gasteiger partial charge in [-0.1, -0.05) is 0 Å². The number of nitrogens with one attached hydrogen (secondary N) is 2. The second kappa shape index (κ2) is 5.76. The van der Waals surface area contributed by atoms with Crippen LogP contribution in [0, 0.1) is 11.6 Å². The number of carbonyl (C=O) groups is 2. The minimum absolute atomic E-state index is 0.0227. The Morgan fingerprint density at radius 1 is 1.33 bits per heavy atom. The molecule has 98 valence electrons. The molecule has 0 heterocycles. The third-order valence-electron chi connectivity index (χ3n) is 1.98. The van der Waals surface area contributed by atoms with E-state index < -0.39 is 29.7 Å². The van der Waals surface area contributed by atoms with E-state index in [1.54, 1.807) is 0 Å². The molecule has 0 fully saturated rings. The Morgan fingerprint density at radius 2 is 1.94 bits per heavy atom. The highest BCUT2D eigenvalue weighted by Crippen LogP contribution is 2.23. The van der Waals surface area contributed by atoms with Crippen LogP contribution in [0.5, 0.6) is 0 Å². The average Bonchev–Trinajstić information content (AvgIpc) is 2.25. The average molecular weight is 323 g/mol. The van der Waals surface area contributed by atoms with Gasteiger partial charge in [0.25, 0.3) is 0 Å². The number of amides is 2. The molecule has 2 amide bonds. The van der Waals surface area contributed by atoms with E-state index in [0.717, 1.165) is 6.07 Å². The van der Waals surface area contributed by atoms with Crippen LogP contribution in [0.3, 0.4) is 0 Å². The van der Waals surface area contributed by atoms with Crippen LogP contribution >= 0.6 is 15.9 Å². The van der Waals surface area contributed by atoms with Gasteiger partial charge in [-0.25, -0.2) is 13.6 Å². The minimum atomic E-state index is -1.23. The van der Waals surface area contributed by atoms with Gasteiger partial charge in [-0.05, 0) is 28.9 Å². The second-order valence-corrected chi connectivity index (χ2v) is 4.26. The summed E-state index contributed by atoms with van der Waals surface area (Å²) in [5, 5.41) is 12.7. The van der Waals surface area contributed by atoms with Gasteiger partial charge >= 0.3 is 12.0 Å². The molecule has 5 nitrogen and oxygen atoms in total. The van der Waals surface area contributed by atoms with Crippen molar-refractivity contribution in [1.29, 1.82) is 0 Å². The number of carboxylic acid groups (broad SMARTS) is 1. The number of rotatable bonds is 3. The van der Waals surface area contributed by atoms with Crippen LogP contribution in [0.15, 0.2) is 16.6 Å². The SMILES string of the molecule is C[C@H](NC(=O)Nc1cc(Br)c(F)cc1F)C(=O)O. The normalized spacial score (nSPS) is 11.8. The molecule has 1 atom stereocenters. The van der Waals surface area contributed by atoms with Gasteiger partial charge in [0.05, 0.1) is 10.2 Å². The molecule has 0 aliphatic heterocycles. The van der Waals surface area contributed by atoms with Gasteiger partial charge in [-0.2, -0.15) is 0 Å². The molecule has 0 bridgehead atoms. The Labute approximate surface area is 109 Å². The molecule has 1 aromatic rings. The van der Waals surface area contributed by atoms with Crippen LogP contribution < -0.4 is 10.6 Å². The molecule has 0 radical (unpaired) electrons. The Bertz CT molecular complexity index is 496. The number of urea groups is 1. The van der Waals surface area contributed by atoms with Gasteiger partial charge in [0, 0.05) is 6.07 Å². The second-order valence-electron chi connectivity index (χ2n) is 3.40. The third kappa shape index (κ3) is 3.66. The van der Waals surface area contributed by atoms with E-state index in [0.29, 0.717) is 6.07 Å². The third-order valence-corrected chi connectivity index (χ3v) is 2.58. The summed E-state index contributed by atoms with van der Waals surface area (Å²) < 4.78 is 26.2. The Hall–Kier alpha value is -1.70. The van der Waals surface area contributed by atoms with Crippen molar-refractivity contribution in [2.75, 3.05) is 5.32 Å². The predicted octanol–water partition coefficient (Wildman–Crippen LogP) is 2.32. The summed E-state index contributed by atoms with van der Waals surface area (Å²) in [6, 6.07) is -0.394. The summed E-state index contributed by atoms with van der Waals surface area (Å²) in [6.07, 6.45) is 0. The lowest BCUT2D eigenvalue weighted by molar-refractivity contribution is -0.138. The lowest BCUT2D eigenvalue weighted by Crippen LogP contribution is -2.41. The van der Waals surface area contributed by atoms with Crippen LogP contribution in [0.2, 0.25) is 0 Å². The maximum Gasteiger partial charge on any atom is 0.325 e. The van der Waals surface area contributed by atoms with Crippen molar-refractivity contribution in [2.45, 2.75) is 13.0 Å². The zero-order valence-corrected chi connectivity index (χ0v) is 10.7. The van der Waals surface area contributed by atoms with Gasteiger partial charge < -0.3 is 15.7 Å². The zero-order valence-electron chi connectivity index (χ0n) is 9.13. The standard InChI is InChI=1S/C10H9BrF2N2O3/c1-4(9(16)17)14-10(18)15-8-2-5(11)6(12)3-7(8)13/h2-4H,1H3,(H,16,17)(H2,14,15,18)/t4-/m0/s1. The van der Waals surface area contributed by atoms with Crippen LogP contribution in [0.1, 0.15) is 6.92 Å². The molecule has 1 aromatic carbocycles. The van der Waals surface area contributed by atoms with E-state index >= 15 is 0 Å². The summed E-state index contributed by atoms with van der Waals surface area (Å²) in [4.78, 5) is 21.8. The van der Waals surface area contributed by atoms with Crippen molar-refractivity contribution in [3.63, 3.8) is 0 Å². The van der Waals surface area contributed by atoms with Crippen molar-refractivity contribution in [3.05, 3.63) is 28.2 Å². The topological polar surface area (TPSA) is 78.4 Å². The Kier molecular flexibility index (Phi) is 4.60. The molecule has 18 heavy (non-hydrogen) atoms. The van der Waals surface area contributed by atoms with Crippen molar-refractivity contribution >= 4 is 33.6 Å². The first kappa shape index (κ1) is 14.4. The zero-order chi connectivity index (χ0) is 13.9. The van der Waals surface area contributed by atoms with Crippen LogP contribution in [-0.2, 0) is 4.79 Å². The molecule has 8 heteroatoms. The van der Waals surface area contributed by atoms with Gasteiger partial charge in [-0.15, -0.1) is 0 Å². The minimum Gasteiger partial charge on any atom is -0.480 e. The fraction of sp³-hybridized carbons (Fsp3) is 0.200. The summed E-state index contributed by atoms with van der Waals surface area (Å²) in [6.45, 7) is 1.25. The number of benzene rings is 1. The first-order chi connectivity index (χ1) is 8.31. The smallest absolute Gasteiger partial charge is 0.325 e. The molecule has 0 aliphatic carbocycles. The van der Waals surface area contributed by atoms with E-state index in [2.05, 4.69) is 26.6 Å². The van der Waals surface area contributed by atoms with Crippen molar-refractivity contribution in [3.8, 4) is 0 Å². The van der Waals surface area contributed by atoms with E-state index in [4.69, 9.17) is 5.11 Å². The molecule has 0 aromatic heterocycles. The number of anilines is 1. The number of carbonyl (C=O) groups excluding carboxylic acids is 1. The van der Waals surface area contributed by atoms with Crippen LogP contribution in [-0.4, -0.2) is 23.1 Å². The number of halogens is 3. The van der Waals surface area contributed by atoms with Gasteiger partial charge in [0.1, 0.15) is 17.7 Å². The summed E-state index contributed by atoms with van der Waals surface area (Å²) >= 11 is 2.84. The fourth-order valence-corrected chi connectivity index (χ4v) is 1.38. The number of aliphatic carboxylic acids is 1. The molecule has 0 saturated heterocycles. The highest BCUT2D eigenvalue weighted by Gasteiger charge is 2.16. The first-order valence-corrected chi connectivity index (χ1v) is 5.55. The lowest BCUT2D eigenvalue weighted by Gasteiger charge is -2.11. The summed E-state index contributed by atoms with van der Waals surface area (Å²) in [5.74, 6) is -3.00. The monoisotopic (exact) mass is 322 g/mol. The summed E-state index contributed by atoms with van der Waals surface area (Å²) in [5.41, 5.74) is -0.265. The molecule has 0 unspecified atom stereocenters. The molecule has 0 spiro atoms. The van der Waals surface area contributed by atoms with Crippen LogP contribution in [0.4, 0.5) is 19.3 Å².